The second-order valence-electron chi connectivity index (χ2n) is 11.3. The highest BCUT2D eigenvalue weighted by atomic mass is 19.4. The van der Waals surface area contributed by atoms with E-state index in [9.17, 15) is 22.8 Å². The van der Waals surface area contributed by atoms with Gasteiger partial charge in [0.25, 0.3) is 0 Å². The second kappa shape index (κ2) is 13.0. The number of nitrogens with two attached hydrogens (primary N) is 1. The monoisotopic (exact) mass is 616 g/mol. The van der Waals surface area contributed by atoms with Crippen LogP contribution in [0.1, 0.15) is 47.5 Å². The van der Waals surface area contributed by atoms with Crippen LogP contribution in [0.4, 0.5) is 13.2 Å². The smallest absolute Gasteiger partial charge is 0.475 e. The number of carboxylic acids is 1. The summed E-state index contributed by atoms with van der Waals surface area (Å²) >= 11 is 0. The summed E-state index contributed by atoms with van der Waals surface area (Å²) in [4.78, 5) is 33.9. The van der Waals surface area contributed by atoms with Crippen molar-refractivity contribution in [3.63, 3.8) is 0 Å². The summed E-state index contributed by atoms with van der Waals surface area (Å²) < 4.78 is 78.4. The van der Waals surface area contributed by atoms with Crippen molar-refractivity contribution in [1.82, 2.24) is 5.32 Å². The molecule has 4 aliphatic rings. The first-order valence-corrected chi connectivity index (χ1v) is 13.2. The number of rotatable bonds is 9. The normalized spacial score (nSPS) is 35.9. The minimum Gasteiger partial charge on any atom is -0.475 e. The molecule has 0 aromatic carbocycles. The van der Waals surface area contributed by atoms with Gasteiger partial charge in [0.05, 0.1) is 6.04 Å². The third-order valence-corrected chi connectivity index (χ3v) is 6.93. The fraction of sp³-hybridized carbons (Fsp3) is 0.880. The zero-order valence-corrected chi connectivity index (χ0v) is 24.3. The summed E-state index contributed by atoms with van der Waals surface area (Å²) in [5.74, 6) is -4.84. The van der Waals surface area contributed by atoms with E-state index >= 15 is 0 Å². The lowest BCUT2D eigenvalue weighted by Crippen LogP contribution is -2.53. The van der Waals surface area contributed by atoms with Gasteiger partial charge in [-0.2, -0.15) is 13.2 Å². The van der Waals surface area contributed by atoms with Crippen molar-refractivity contribution in [3.8, 4) is 0 Å². The number of aliphatic carboxylic acids is 1. The van der Waals surface area contributed by atoms with Gasteiger partial charge in [-0.1, -0.05) is 0 Å². The van der Waals surface area contributed by atoms with E-state index in [-0.39, 0.29) is 24.5 Å². The minimum atomic E-state index is -5.08. The Labute approximate surface area is 240 Å². The highest BCUT2D eigenvalue weighted by molar-refractivity contribution is 5.80. The van der Waals surface area contributed by atoms with Gasteiger partial charge in [0.15, 0.2) is 24.2 Å². The molecule has 4 fully saturated rings. The maximum atomic E-state index is 13.0. The molecule has 0 bridgehead atoms. The standard InChI is InChI=1S/C23H38N2O10.C2HF3O2/c1-10(26)8-12(15-17(29-7)19-21(31-15)35-23(4,5)33-19)25-13(27)9-11(24)14-16(28-6)18-20(30-14)34-22(2,3)32-18;3-2(4,5)1(6)7/h11-12,14-21H,8-9,24H2,1-7H3,(H,25,27);(H,6,7)/t11?,12?,14-,15+,16-,17-,18+,19+,20+,21+;/m0./s1. The number of hydrogen-bond donors (Lipinski definition) is 3. The Kier molecular flexibility index (Phi) is 10.6. The zero-order chi connectivity index (χ0) is 31.8. The number of amides is 1. The summed E-state index contributed by atoms with van der Waals surface area (Å²) in [5.41, 5.74) is 6.37. The maximum Gasteiger partial charge on any atom is 0.490 e. The third kappa shape index (κ3) is 8.15. The molecule has 4 rings (SSSR count). The first-order chi connectivity index (χ1) is 19.3. The SMILES string of the molecule is CO[C@@H]1[C@H]2OC(C)(C)O[C@H]2O[C@@H]1C(CC(C)=O)NC(=O)CC(N)[C@@H]1O[C@@H]2OC(C)(C)O[C@@H]2[C@H]1OC.O=C(O)C(F)(F)F. The molecule has 0 aromatic rings. The minimum absolute atomic E-state index is 0.0515. The van der Waals surface area contributed by atoms with Crippen LogP contribution in [0, 0.1) is 0 Å². The summed E-state index contributed by atoms with van der Waals surface area (Å²) in [6.45, 7) is 8.62. The highest BCUT2D eigenvalue weighted by Gasteiger charge is 2.58. The van der Waals surface area contributed by atoms with E-state index in [1.807, 2.05) is 0 Å². The Morgan fingerprint density at radius 2 is 1.31 bits per heavy atom. The number of carbonyl (C=O) groups is 3. The Morgan fingerprint density at radius 3 is 1.71 bits per heavy atom. The molecule has 0 aliphatic carbocycles. The molecule has 0 aromatic heterocycles. The first-order valence-electron chi connectivity index (χ1n) is 13.2. The predicted molar refractivity (Wildman–Crippen MR) is 133 cm³/mol. The zero-order valence-electron chi connectivity index (χ0n) is 24.3. The molecular formula is C25H39F3N2O12. The molecule has 17 heteroatoms. The van der Waals surface area contributed by atoms with Crippen LogP contribution < -0.4 is 11.1 Å². The number of carboxylic acid groups (broad SMARTS) is 1. The van der Waals surface area contributed by atoms with E-state index < -0.39 is 85.0 Å². The van der Waals surface area contributed by atoms with Gasteiger partial charge in [-0.05, 0) is 34.6 Å². The molecule has 10 atom stereocenters. The average Bonchev–Trinajstić information content (AvgIpc) is 3.51. The van der Waals surface area contributed by atoms with E-state index in [2.05, 4.69) is 5.32 Å². The van der Waals surface area contributed by atoms with Gasteiger partial charge >= 0.3 is 12.1 Å². The molecule has 0 saturated carbocycles. The van der Waals surface area contributed by atoms with Gasteiger partial charge in [0.1, 0.15) is 42.4 Å². The number of Topliss-reactive ketones (excluding diaryl/α,β-unsaturated/α-hetero) is 1. The lowest BCUT2D eigenvalue weighted by Gasteiger charge is -2.31. The van der Waals surface area contributed by atoms with Crippen LogP contribution in [0.5, 0.6) is 0 Å². The van der Waals surface area contributed by atoms with Gasteiger partial charge < -0.3 is 54.1 Å². The molecule has 4 N–H and O–H groups in total. The lowest BCUT2D eigenvalue weighted by molar-refractivity contribution is -0.220. The molecule has 0 spiro atoms. The van der Waals surface area contributed by atoms with Crippen molar-refractivity contribution in [3.05, 3.63) is 0 Å². The van der Waals surface area contributed by atoms with Crippen LogP contribution in [0.2, 0.25) is 0 Å². The number of halogens is 3. The van der Waals surface area contributed by atoms with Crippen molar-refractivity contribution in [2.45, 2.75) is 126 Å². The highest BCUT2D eigenvalue weighted by Crippen LogP contribution is 2.41. The van der Waals surface area contributed by atoms with Crippen LogP contribution in [0.3, 0.4) is 0 Å². The van der Waals surface area contributed by atoms with Crippen LogP contribution in [-0.4, -0.2) is 116 Å². The van der Waals surface area contributed by atoms with Gasteiger partial charge in [0.2, 0.25) is 5.91 Å². The fourth-order valence-corrected chi connectivity index (χ4v) is 5.37. The Bertz CT molecular complexity index is 996. The topological polar surface area (TPSA) is 183 Å². The number of fused-ring (bicyclic) bond motifs is 2. The number of methoxy groups -OCH3 is 2. The number of ether oxygens (including phenoxy) is 8. The van der Waals surface area contributed by atoms with E-state index in [1.54, 1.807) is 34.8 Å². The van der Waals surface area contributed by atoms with E-state index in [1.165, 1.54) is 14.0 Å². The molecular weight excluding hydrogens is 577 g/mol. The van der Waals surface area contributed by atoms with Gasteiger partial charge in [-0.25, -0.2) is 4.79 Å². The van der Waals surface area contributed by atoms with Gasteiger partial charge in [-0.3, -0.25) is 9.59 Å². The molecule has 0 radical (unpaired) electrons. The molecule has 4 saturated heterocycles. The van der Waals surface area contributed by atoms with Crippen molar-refractivity contribution in [1.29, 1.82) is 0 Å². The largest absolute Gasteiger partial charge is 0.490 e. The first kappa shape index (κ1) is 34.5. The molecule has 2 unspecified atom stereocenters. The van der Waals surface area contributed by atoms with E-state index in [0.717, 1.165) is 0 Å². The Balaban J connectivity index is 0.000000616. The van der Waals surface area contributed by atoms with Crippen molar-refractivity contribution < 1.29 is 70.6 Å². The van der Waals surface area contributed by atoms with Crippen LogP contribution in [-0.2, 0) is 52.3 Å². The second-order valence-corrected chi connectivity index (χ2v) is 11.3. The average molecular weight is 617 g/mol. The molecule has 1 amide bonds. The molecule has 242 valence electrons. The Morgan fingerprint density at radius 1 is 0.881 bits per heavy atom. The van der Waals surface area contributed by atoms with E-state index in [4.69, 9.17) is 53.5 Å². The molecule has 42 heavy (non-hydrogen) atoms. The molecule has 14 nitrogen and oxygen atoms in total. The summed E-state index contributed by atoms with van der Waals surface area (Å²) in [6, 6.07) is -1.36. The van der Waals surface area contributed by atoms with Crippen LogP contribution in [0.15, 0.2) is 0 Å². The number of alkyl halides is 3. The molecule has 4 heterocycles. The lowest BCUT2D eigenvalue weighted by atomic mass is 9.97. The van der Waals surface area contributed by atoms with Gasteiger partial charge in [0, 0.05) is 33.1 Å². The van der Waals surface area contributed by atoms with Crippen molar-refractivity contribution in [2.24, 2.45) is 5.73 Å². The number of ketones is 1. The van der Waals surface area contributed by atoms with Crippen LogP contribution >= 0.6 is 0 Å². The van der Waals surface area contributed by atoms with Crippen molar-refractivity contribution >= 4 is 17.7 Å². The van der Waals surface area contributed by atoms with Crippen molar-refractivity contribution in [2.75, 3.05) is 14.2 Å². The number of nitrogens with one attached hydrogen (secondary N) is 1. The summed E-state index contributed by atoms with van der Waals surface area (Å²) in [5, 5.41) is 10.0. The quantitative estimate of drug-likeness (QED) is 0.327. The maximum absolute atomic E-state index is 13.0. The molecule has 4 aliphatic heterocycles. The Hall–Kier alpha value is -1.96. The van der Waals surface area contributed by atoms with Crippen LogP contribution in [0.25, 0.3) is 0 Å². The third-order valence-electron chi connectivity index (χ3n) is 6.93. The van der Waals surface area contributed by atoms with Gasteiger partial charge in [-0.15, -0.1) is 0 Å². The summed E-state index contributed by atoms with van der Waals surface area (Å²) in [7, 11) is 3.07. The summed E-state index contributed by atoms with van der Waals surface area (Å²) in [6.07, 6.45) is -9.60. The predicted octanol–water partition coefficient (Wildman–Crippen LogP) is 0.584. The van der Waals surface area contributed by atoms with E-state index in [0.29, 0.717) is 0 Å². The number of carbonyl (C=O) groups excluding carboxylic acids is 2. The fourth-order valence-electron chi connectivity index (χ4n) is 5.37. The number of hydrogen-bond acceptors (Lipinski definition) is 12.